The molecule has 0 fully saturated rings. The minimum absolute atomic E-state index is 0.480. The van der Waals surface area contributed by atoms with E-state index in [1.54, 1.807) is 0 Å². The molecule has 0 spiro atoms. The number of nitrogen functional groups attached to an aromatic ring is 1. The molecular formula is C18H36N4. The van der Waals surface area contributed by atoms with Gasteiger partial charge >= 0.3 is 0 Å². The van der Waals surface area contributed by atoms with Crippen LogP contribution >= 0.6 is 0 Å². The Kier molecular flexibility index (Phi) is 9.93. The van der Waals surface area contributed by atoms with Crippen molar-refractivity contribution in [2.24, 2.45) is 0 Å². The third-order valence-electron chi connectivity index (χ3n) is 4.59. The molecule has 0 unspecified atom stereocenters. The summed E-state index contributed by atoms with van der Waals surface area (Å²) in [6, 6.07) is 0.480. The first-order valence-electron chi connectivity index (χ1n) is 9.37. The van der Waals surface area contributed by atoms with Crippen LogP contribution in [0.4, 0.5) is 5.82 Å². The zero-order valence-corrected chi connectivity index (χ0v) is 15.0. The Morgan fingerprint density at radius 2 is 1.36 bits per heavy atom. The van der Waals surface area contributed by atoms with Gasteiger partial charge in [0, 0.05) is 0 Å². The van der Waals surface area contributed by atoms with E-state index in [2.05, 4.69) is 28.8 Å². The van der Waals surface area contributed by atoms with Gasteiger partial charge < -0.3 is 5.73 Å². The molecule has 0 amide bonds. The summed E-state index contributed by atoms with van der Waals surface area (Å²) in [5.74, 6) is 0.585. The van der Waals surface area contributed by atoms with Gasteiger partial charge in [-0.15, -0.1) is 5.10 Å². The highest BCUT2D eigenvalue weighted by Gasteiger charge is 2.16. The highest BCUT2D eigenvalue weighted by Crippen LogP contribution is 2.25. The molecule has 1 rings (SSSR count). The molecule has 1 aromatic heterocycles. The maximum absolute atomic E-state index is 5.87. The summed E-state index contributed by atoms with van der Waals surface area (Å²) in [5, 5.41) is 8.33. The molecule has 0 bridgehead atoms. The van der Waals surface area contributed by atoms with E-state index in [1.165, 1.54) is 77.0 Å². The van der Waals surface area contributed by atoms with Crippen LogP contribution in [0.5, 0.6) is 0 Å². The first kappa shape index (κ1) is 19.0. The number of nitrogens with two attached hydrogens (primary N) is 1. The van der Waals surface area contributed by atoms with Gasteiger partial charge in [-0.2, -0.15) is 0 Å². The fourth-order valence-corrected chi connectivity index (χ4v) is 3.06. The third kappa shape index (κ3) is 6.80. The van der Waals surface area contributed by atoms with Crippen molar-refractivity contribution in [1.29, 1.82) is 0 Å². The van der Waals surface area contributed by atoms with Crippen molar-refractivity contribution in [1.82, 2.24) is 15.0 Å². The summed E-state index contributed by atoms with van der Waals surface area (Å²) in [4.78, 5) is 0. The predicted molar refractivity (Wildman–Crippen MR) is 95.0 cm³/mol. The molecule has 4 heteroatoms. The largest absolute Gasteiger partial charge is 0.381 e. The normalized spacial score (nSPS) is 11.5. The minimum atomic E-state index is 0.480. The number of anilines is 1. The van der Waals surface area contributed by atoms with Crippen molar-refractivity contribution in [3.05, 3.63) is 5.69 Å². The van der Waals surface area contributed by atoms with Crippen LogP contribution in [0.15, 0.2) is 0 Å². The van der Waals surface area contributed by atoms with Gasteiger partial charge in [-0.1, -0.05) is 83.3 Å². The second-order valence-electron chi connectivity index (χ2n) is 6.56. The number of hydrogen-bond acceptors (Lipinski definition) is 3. The first-order chi connectivity index (χ1) is 10.7. The first-order valence-corrected chi connectivity index (χ1v) is 9.37. The van der Waals surface area contributed by atoms with Crippen LogP contribution in [0, 0.1) is 6.92 Å². The Morgan fingerprint density at radius 1 is 0.864 bits per heavy atom. The number of aromatic nitrogens is 3. The van der Waals surface area contributed by atoms with E-state index in [0.29, 0.717) is 11.9 Å². The van der Waals surface area contributed by atoms with Crippen molar-refractivity contribution in [3.8, 4) is 0 Å². The van der Waals surface area contributed by atoms with Crippen molar-refractivity contribution in [3.63, 3.8) is 0 Å². The summed E-state index contributed by atoms with van der Waals surface area (Å²) < 4.78 is 2.08. The third-order valence-corrected chi connectivity index (χ3v) is 4.59. The average molecular weight is 309 g/mol. The highest BCUT2D eigenvalue weighted by molar-refractivity contribution is 5.31. The lowest BCUT2D eigenvalue weighted by Crippen LogP contribution is -2.13. The molecule has 128 valence electrons. The van der Waals surface area contributed by atoms with Gasteiger partial charge in [-0.05, 0) is 19.8 Å². The van der Waals surface area contributed by atoms with Crippen LogP contribution in [0.1, 0.15) is 103 Å². The van der Waals surface area contributed by atoms with Crippen LogP contribution in [-0.2, 0) is 0 Å². The molecule has 0 aliphatic rings. The molecule has 0 aliphatic heterocycles. The van der Waals surface area contributed by atoms with E-state index in [-0.39, 0.29) is 0 Å². The van der Waals surface area contributed by atoms with E-state index in [0.717, 1.165) is 5.69 Å². The smallest absolute Gasteiger partial charge is 0.168 e. The van der Waals surface area contributed by atoms with Crippen molar-refractivity contribution < 1.29 is 0 Å². The lowest BCUT2D eigenvalue weighted by atomic mass is 10.0. The zero-order valence-electron chi connectivity index (χ0n) is 15.0. The summed E-state index contributed by atoms with van der Waals surface area (Å²) in [6.07, 6.45) is 15.7. The van der Waals surface area contributed by atoms with E-state index in [9.17, 15) is 0 Å². The quantitative estimate of drug-likeness (QED) is 0.494. The van der Waals surface area contributed by atoms with Crippen molar-refractivity contribution in [2.45, 2.75) is 104 Å². The Morgan fingerprint density at radius 3 is 1.77 bits per heavy atom. The summed E-state index contributed by atoms with van der Waals surface area (Å²) in [6.45, 7) is 6.57. The number of unbranched alkanes of at least 4 members (excludes halogenated alkanes) is 8. The second-order valence-corrected chi connectivity index (χ2v) is 6.56. The Bertz CT molecular complexity index is 372. The molecule has 0 aromatic carbocycles. The van der Waals surface area contributed by atoms with Gasteiger partial charge in [0.15, 0.2) is 5.82 Å². The molecule has 0 radical (unpaired) electrons. The van der Waals surface area contributed by atoms with Crippen LogP contribution in [0.2, 0.25) is 0 Å². The zero-order chi connectivity index (χ0) is 16.2. The summed E-state index contributed by atoms with van der Waals surface area (Å²) in [5.41, 5.74) is 6.91. The fourth-order valence-electron chi connectivity index (χ4n) is 3.06. The van der Waals surface area contributed by atoms with E-state index < -0.39 is 0 Å². The maximum atomic E-state index is 5.87. The van der Waals surface area contributed by atoms with E-state index in [4.69, 9.17) is 5.73 Å². The number of rotatable bonds is 13. The highest BCUT2D eigenvalue weighted by atomic mass is 15.5. The molecule has 0 saturated heterocycles. The molecule has 0 aliphatic carbocycles. The van der Waals surface area contributed by atoms with Crippen LogP contribution < -0.4 is 5.73 Å². The van der Waals surface area contributed by atoms with E-state index >= 15 is 0 Å². The van der Waals surface area contributed by atoms with Gasteiger partial charge in [-0.3, -0.25) is 0 Å². The standard InChI is InChI=1S/C18H36N4/c1-4-6-8-10-12-14-17(15-13-11-9-7-5-2)22-16(3)18(19)20-21-22/h17H,4-15,19H2,1-3H3. The van der Waals surface area contributed by atoms with Gasteiger partial charge in [0.1, 0.15) is 0 Å². The monoisotopic (exact) mass is 308 g/mol. The predicted octanol–water partition coefficient (Wildman–Crippen LogP) is 5.43. The second kappa shape index (κ2) is 11.5. The SMILES string of the molecule is CCCCCCCC(CCCCCCC)n1nnc(N)c1C. The minimum Gasteiger partial charge on any atom is -0.381 e. The number of hydrogen-bond donors (Lipinski definition) is 1. The van der Waals surface area contributed by atoms with Gasteiger partial charge in [0.2, 0.25) is 0 Å². The van der Waals surface area contributed by atoms with Gasteiger partial charge in [0.05, 0.1) is 11.7 Å². The topological polar surface area (TPSA) is 56.7 Å². The van der Waals surface area contributed by atoms with E-state index in [1.807, 2.05) is 6.92 Å². The Balaban J connectivity index is 2.44. The van der Waals surface area contributed by atoms with Gasteiger partial charge in [0.25, 0.3) is 0 Å². The van der Waals surface area contributed by atoms with Crippen LogP contribution in [0.25, 0.3) is 0 Å². The Hall–Kier alpha value is -1.06. The summed E-state index contributed by atoms with van der Waals surface area (Å²) in [7, 11) is 0. The van der Waals surface area contributed by atoms with Crippen molar-refractivity contribution in [2.75, 3.05) is 5.73 Å². The molecule has 1 heterocycles. The van der Waals surface area contributed by atoms with Crippen molar-refractivity contribution >= 4 is 5.82 Å². The molecule has 0 atom stereocenters. The molecular weight excluding hydrogens is 272 g/mol. The maximum Gasteiger partial charge on any atom is 0.168 e. The van der Waals surface area contributed by atoms with Gasteiger partial charge in [-0.25, -0.2) is 4.68 Å². The van der Waals surface area contributed by atoms with Crippen LogP contribution in [-0.4, -0.2) is 15.0 Å². The summed E-state index contributed by atoms with van der Waals surface area (Å²) >= 11 is 0. The number of nitrogens with zero attached hydrogens (tertiary/aromatic N) is 3. The molecule has 2 N–H and O–H groups in total. The van der Waals surface area contributed by atoms with Crippen LogP contribution in [0.3, 0.4) is 0 Å². The fraction of sp³-hybridized carbons (Fsp3) is 0.889. The Labute approximate surface area is 136 Å². The molecule has 0 saturated carbocycles. The molecule has 22 heavy (non-hydrogen) atoms. The molecule has 1 aromatic rings. The lowest BCUT2D eigenvalue weighted by Gasteiger charge is -2.18. The average Bonchev–Trinajstić information content (AvgIpc) is 2.84. The lowest BCUT2D eigenvalue weighted by molar-refractivity contribution is 0.355. The molecule has 4 nitrogen and oxygen atoms in total.